The fourth-order valence-electron chi connectivity index (χ4n) is 5.00. The summed E-state index contributed by atoms with van der Waals surface area (Å²) in [5.74, 6) is 2.42. The van der Waals surface area contributed by atoms with Gasteiger partial charge in [0.2, 0.25) is 5.95 Å². The third kappa shape index (κ3) is 5.37. The number of nitrogens with zero attached hydrogens (tertiary/aromatic N) is 3. The van der Waals surface area contributed by atoms with Gasteiger partial charge in [0.1, 0.15) is 5.75 Å². The van der Waals surface area contributed by atoms with Crippen LogP contribution in [0.25, 0.3) is 0 Å². The van der Waals surface area contributed by atoms with Crippen LogP contribution in [0.4, 0.5) is 5.95 Å². The summed E-state index contributed by atoms with van der Waals surface area (Å²) in [4.78, 5) is 11.7. The molecule has 0 N–H and O–H groups in total. The fourth-order valence-corrected chi connectivity index (χ4v) is 5.63. The van der Waals surface area contributed by atoms with Gasteiger partial charge in [0.05, 0.1) is 11.5 Å². The van der Waals surface area contributed by atoms with Crippen LogP contribution in [0.2, 0.25) is 0 Å². The molecule has 1 aliphatic carbocycles. The van der Waals surface area contributed by atoms with Gasteiger partial charge in [-0.3, -0.25) is 0 Å². The van der Waals surface area contributed by atoms with Crippen molar-refractivity contribution in [2.75, 3.05) is 30.9 Å². The Morgan fingerprint density at radius 2 is 1.74 bits per heavy atom. The maximum atomic E-state index is 11.5. The highest BCUT2D eigenvalue weighted by molar-refractivity contribution is 7.90. The molecule has 2 heterocycles. The Bertz CT molecular complexity index is 958. The van der Waals surface area contributed by atoms with Gasteiger partial charge in [0, 0.05) is 31.7 Å². The van der Waals surface area contributed by atoms with E-state index in [0.29, 0.717) is 16.9 Å². The smallest absolute Gasteiger partial charge is 0.225 e. The Balaban J connectivity index is 1.14. The normalized spacial score (nSPS) is 18.7. The number of sulfone groups is 1. The zero-order valence-corrected chi connectivity index (χ0v) is 19.4. The summed E-state index contributed by atoms with van der Waals surface area (Å²) in [6.07, 6.45) is 13.5. The molecule has 1 aliphatic heterocycles. The van der Waals surface area contributed by atoms with E-state index in [-0.39, 0.29) is 0 Å². The summed E-state index contributed by atoms with van der Waals surface area (Å²) < 4.78 is 28.8. The van der Waals surface area contributed by atoms with Gasteiger partial charge in [0.25, 0.3) is 0 Å². The van der Waals surface area contributed by atoms with E-state index in [9.17, 15) is 8.42 Å². The predicted molar refractivity (Wildman–Crippen MR) is 122 cm³/mol. The average molecular weight is 444 g/mol. The third-order valence-electron chi connectivity index (χ3n) is 6.93. The zero-order valence-electron chi connectivity index (χ0n) is 18.6. The van der Waals surface area contributed by atoms with E-state index in [4.69, 9.17) is 4.74 Å². The van der Waals surface area contributed by atoms with E-state index in [1.165, 1.54) is 43.9 Å². The Morgan fingerprint density at radius 3 is 2.32 bits per heavy atom. The van der Waals surface area contributed by atoms with Crippen LogP contribution in [0.3, 0.4) is 0 Å². The molecule has 1 saturated carbocycles. The molecule has 7 heteroatoms. The lowest BCUT2D eigenvalue weighted by molar-refractivity contribution is 0.0205. The molecule has 1 spiro atoms. The van der Waals surface area contributed by atoms with Crippen molar-refractivity contribution in [3.8, 4) is 5.75 Å². The van der Waals surface area contributed by atoms with Crippen LogP contribution >= 0.6 is 0 Å². The molecule has 2 aromatic rings. The van der Waals surface area contributed by atoms with Gasteiger partial charge in [-0.05, 0) is 86.1 Å². The largest absolute Gasteiger partial charge is 0.494 e. The molecule has 1 saturated heterocycles. The molecular weight excluding hydrogens is 410 g/mol. The quantitative estimate of drug-likeness (QED) is 0.567. The van der Waals surface area contributed by atoms with Gasteiger partial charge in [-0.1, -0.05) is 6.92 Å². The summed E-state index contributed by atoms with van der Waals surface area (Å²) in [7, 11) is -3.15. The Labute approximate surface area is 186 Å². The second-order valence-electron chi connectivity index (χ2n) is 9.24. The molecule has 6 nitrogen and oxygen atoms in total. The van der Waals surface area contributed by atoms with Crippen molar-refractivity contribution in [3.05, 3.63) is 42.2 Å². The first-order chi connectivity index (χ1) is 14.9. The van der Waals surface area contributed by atoms with E-state index < -0.39 is 9.84 Å². The van der Waals surface area contributed by atoms with Crippen LogP contribution in [-0.4, -0.2) is 44.3 Å². The number of hydrogen-bond acceptors (Lipinski definition) is 6. The number of benzene rings is 1. The minimum Gasteiger partial charge on any atom is -0.494 e. The molecule has 1 aromatic heterocycles. The summed E-state index contributed by atoms with van der Waals surface area (Å²) in [6.45, 7) is 4.93. The van der Waals surface area contributed by atoms with E-state index in [0.717, 1.165) is 43.5 Å². The molecule has 168 valence electrons. The second kappa shape index (κ2) is 9.15. The van der Waals surface area contributed by atoms with Crippen molar-refractivity contribution >= 4 is 15.8 Å². The van der Waals surface area contributed by atoms with E-state index >= 15 is 0 Å². The maximum Gasteiger partial charge on any atom is 0.225 e. The minimum absolute atomic E-state index is 0.329. The molecule has 0 bridgehead atoms. The zero-order chi connectivity index (χ0) is 21.9. The highest BCUT2D eigenvalue weighted by Gasteiger charge is 2.45. The van der Waals surface area contributed by atoms with Gasteiger partial charge in [-0.15, -0.1) is 0 Å². The molecule has 0 unspecified atom stereocenters. The molecule has 31 heavy (non-hydrogen) atoms. The first-order valence-electron chi connectivity index (χ1n) is 11.4. The van der Waals surface area contributed by atoms with Crippen molar-refractivity contribution in [1.29, 1.82) is 0 Å². The number of aromatic nitrogens is 2. The Hall–Kier alpha value is -2.15. The first kappa shape index (κ1) is 22.1. The lowest BCUT2D eigenvalue weighted by atomic mass is 9.56. The van der Waals surface area contributed by atoms with E-state index in [1.807, 2.05) is 12.4 Å². The Morgan fingerprint density at radius 1 is 1.10 bits per heavy atom. The van der Waals surface area contributed by atoms with Crippen LogP contribution in [0.1, 0.15) is 51.0 Å². The molecule has 2 fully saturated rings. The van der Waals surface area contributed by atoms with Crippen LogP contribution in [0.5, 0.6) is 5.75 Å². The summed E-state index contributed by atoms with van der Waals surface area (Å²) in [5, 5.41) is 0. The van der Waals surface area contributed by atoms with Crippen LogP contribution in [-0.2, 0) is 16.3 Å². The SMILES string of the molecule is CCc1cnc(N2CCC3(CC2)CC(CCCOc2ccc(S(C)(=O)=O)cc2)C3)nc1. The minimum atomic E-state index is -3.15. The third-order valence-corrected chi connectivity index (χ3v) is 8.06. The number of rotatable bonds is 8. The van der Waals surface area contributed by atoms with Crippen molar-refractivity contribution in [3.63, 3.8) is 0 Å². The second-order valence-corrected chi connectivity index (χ2v) is 11.3. The molecule has 0 amide bonds. The maximum absolute atomic E-state index is 11.5. The summed E-state index contributed by atoms with van der Waals surface area (Å²) in [5.41, 5.74) is 1.72. The van der Waals surface area contributed by atoms with Gasteiger partial charge >= 0.3 is 0 Å². The molecular formula is C24H33N3O3S. The monoisotopic (exact) mass is 443 g/mol. The fraction of sp³-hybridized carbons (Fsp3) is 0.583. The van der Waals surface area contributed by atoms with Gasteiger partial charge in [0.15, 0.2) is 9.84 Å². The van der Waals surface area contributed by atoms with Gasteiger partial charge < -0.3 is 9.64 Å². The average Bonchev–Trinajstić information content (AvgIpc) is 2.75. The first-order valence-corrected chi connectivity index (χ1v) is 13.2. The van der Waals surface area contributed by atoms with Crippen molar-refractivity contribution in [1.82, 2.24) is 9.97 Å². The van der Waals surface area contributed by atoms with Gasteiger partial charge in [-0.2, -0.15) is 0 Å². The standard InChI is InChI=1S/C24H33N3O3S/c1-3-19-17-25-23(26-18-19)27-12-10-24(11-13-27)15-20(16-24)5-4-14-30-21-6-8-22(9-7-21)31(2,28)29/h6-9,17-18,20H,3-5,10-16H2,1-2H3. The van der Waals surface area contributed by atoms with Crippen molar-refractivity contribution in [2.45, 2.75) is 56.8 Å². The predicted octanol–water partition coefficient (Wildman–Crippen LogP) is 4.30. The van der Waals surface area contributed by atoms with Crippen molar-refractivity contribution in [2.24, 2.45) is 11.3 Å². The molecule has 0 atom stereocenters. The van der Waals surface area contributed by atoms with Crippen molar-refractivity contribution < 1.29 is 13.2 Å². The lowest BCUT2D eigenvalue weighted by Gasteiger charge is -2.52. The number of ether oxygens (including phenoxy) is 1. The number of piperidine rings is 1. The highest BCUT2D eigenvalue weighted by Crippen LogP contribution is 2.54. The highest BCUT2D eigenvalue weighted by atomic mass is 32.2. The molecule has 0 radical (unpaired) electrons. The number of hydrogen-bond donors (Lipinski definition) is 0. The van der Waals surface area contributed by atoms with Crippen LogP contribution in [0.15, 0.2) is 41.6 Å². The summed E-state index contributed by atoms with van der Waals surface area (Å²) >= 11 is 0. The summed E-state index contributed by atoms with van der Waals surface area (Å²) in [6, 6.07) is 6.69. The van der Waals surface area contributed by atoms with Gasteiger partial charge in [-0.25, -0.2) is 18.4 Å². The topological polar surface area (TPSA) is 72.4 Å². The molecule has 2 aliphatic rings. The van der Waals surface area contributed by atoms with E-state index in [2.05, 4.69) is 21.8 Å². The van der Waals surface area contributed by atoms with Crippen LogP contribution < -0.4 is 9.64 Å². The number of anilines is 1. The Kier molecular flexibility index (Phi) is 6.51. The number of aryl methyl sites for hydroxylation is 1. The van der Waals surface area contributed by atoms with Crippen LogP contribution in [0, 0.1) is 11.3 Å². The lowest BCUT2D eigenvalue weighted by Crippen LogP contribution is -2.47. The molecule has 4 rings (SSSR count). The molecule has 1 aromatic carbocycles. The van der Waals surface area contributed by atoms with E-state index in [1.54, 1.807) is 24.3 Å².